The molecule has 0 aromatic heterocycles. The molecule has 170 valence electrons. The van der Waals surface area contributed by atoms with Gasteiger partial charge in [0.05, 0.1) is 23.8 Å². The van der Waals surface area contributed by atoms with Gasteiger partial charge in [0.1, 0.15) is 0 Å². The zero-order valence-corrected chi connectivity index (χ0v) is 16.8. The topological polar surface area (TPSA) is 58.3 Å². The number of benzene rings is 2. The maximum absolute atomic E-state index is 13.1. The number of nitrogens with two attached hydrogens (primary N) is 1. The average Bonchev–Trinajstić information content (AvgIpc) is 2.72. The van der Waals surface area contributed by atoms with Crippen molar-refractivity contribution >= 4 is 11.8 Å². The summed E-state index contributed by atoms with van der Waals surface area (Å²) < 4.78 is 78.5. The number of fused-ring (bicyclic) bond motifs is 1. The molecule has 0 bridgehead atoms. The van der Waals surface area contributed by atoms with Gasteiger partial charge in [0.15, 0.2) is 0 Å². The average molecular weight is 446 g/mol. The molecule has 0 saturated carbocycles. The number of halogens is 6. The van der Waals surface area contributed by atoms with E-state index < -0.39 is 23.5 Å². The molecule has 0 saturated heterocycles. The molecule has 2 aromatic rings. The third-order valence-corrected chi connectivity index (χ3v) is 4.83. The lowest BCUT2D eigenvalue weighted by Gasteiger charge is -2.28. The van der Waals surface area contributed by atoms with Crippen LogP contribution in [0.15, 0.2) is 42.5 Å². The van der Waals surface area contributed by atoms with Crippen molar-refractivity contribution < 1.29 is 31.4 Å². The molecule has 3 rings (SSSR count). The van der Waals surface area contributed by atoms with Crippen molar-refractivity contribution in [1.82, 2.24) is 0 Å². The number of nitrogens with one attached hydrogen (secondary N) is 1. The fourth-order valence-electron chi connectivity index (χ4n) is 3.52. The molecule has 0 radical (unpaired) electrons. The van der Waals surface area contributed by atoms with E-state index in [-0.39, 0.29) is 24.4 Å². The van der Waals surface area contributed by atoms with E-state index in [0.717, 1.165) is 29.5 Å². The highest BCUT2D eigenvalue weighted by Crippen LogP contribution is 2.39. The van der Waals surface area contributed by atoms with E-state index in [4.69, 9.17) is 5.11 Å². The minimum atomic E-state index is -4.88. The summed E-state index contributed by atoms with van der Waals surface area (Å²) in [4.78, 5) is 0. The van der Waals surface area contributed by atoms with Crippen molar-refractivity contribution in [3.8, 4) is 0 Å². The van der Waals surface area contributed by atoms with Crippen LogP contribution in [-0.2, 0) is 18.8 Å². The molecular weight excluding hydrogens is 422 g/mol. The Morgan fingerprint density at radius 1 is 1.00 bits per heavy atom. The van der Waals surface area contributed by atoms with E-state index >= 15 is 0 Å². The Hall–Kier alpha value is -2.52. The quantitative estimate of drug-likeness (QED) is 0.521. The van der Waals surface area contributed by atoms with E-state index in [0.29, 0.717) is 18.6 Å². The lowest BCUT2D eigenvalue weighted by molar-refractivity contribution is -0.143. The maximum Gasteiger partial charge on any atom is 0.416 e. The van der Waals surface area contributed by atoms with Crippen molar-refractivity contribution in [1.29, 1.82) is 0 Å². The highest BCUT2D eigenvalue weighted by atomic mass is 19.4. The van der Waals surface area contributed by atoms with Crippen LogP contribution < -0.4 is 11.1 Å². The van der Waals surface area contributed by atoms with Gasteiger partial charge in [0, 0.05) is 5.69 Å². The molecule has 0 fully saturated rings. The third-order valence-electron chi connectivity index (χ3n) is 4.83. The number of aliphatic hydroxyl groups is 1. The summed E-state index contributed by atoms with van der Waals surface area (Å²) in [6, 6.07) is 6.70. The van der Waals surface area contributed by atoms with Gasteiger partial charge in [-0.3, -0.25) is 0 Å². The molecule has 0 heterocycles. The van der Waals surface area contributed by atoms with Crippen LogP contribution in [0.5, 0.6) is 0 Å². The van der Waals surface area contributed by atoms with Crippen molar-refractivity contribution in [3.05, 3.63) is 70.3 Å². The van der Waals surface area contributed by atoms with E-state index in [1.165, 1.54) is 7.05 Å². The second-order valence-corrected chi connectivity index (χ2v) is 6.93. The van der Waals surface area contributed by atoms with Crippen LogP contribution >= 0.6 is 0 Å². The highest BCUT2D eigenvalue weighted by molar-refractivity contribution is 5.56. The fourth-order valence-corrected chi connectivity index (χ4v) is 3.52. The Labute approximate surface area is 176 Å². The maximum atomic E-state index is 13.1. The van der Waals surface area contributed by atoms with Gasteiger partial charge in [0.25, 0.3) is 0 Å². The molecule has 1 aliphatic carbocycles. The summed E-state index contributed by atoms with van der Waals surface area (Å²) in [7, 11) is 1.50. The van der Waals surface area contributed by atoms with E-state index in [9.17, 15) is 26.3 Å². The lowest BCUT2D eigenvalue weighted by atomic mass is 9.86. The van der Waals surface area contributed by atoms with Gasteiger partial charge in [-0.05, 0) is 61.2 Å². The Kier molecular flexibility index (Phi) is 8.14. The van der Waals surface area contributed by atoms with Crippen molar-refractivity contribution in [2.75, 3.05) is 19.0 Å². The minimum absolute atomic E-state index is 0.0989. The van der Waals surface area contributed by atoms with E-state index in [2.05, 4.69) is 11.1 Å². The monoisotopic (exact) mass is 446 g/mol. The van der Waals surface area contributed by atoms with Crippen LogP contribution in [0.3, 0.4) is 0 Å². The van der Waals surface area contributed by atoms with Crippen molar-refractivity contribution in [2.45, 2.75) is 37.7 Å². The van der Waals surface area contributed by atoms with Crippen molar-refractivity contribution in [2.24, 2.45) is 5.73 Å². The van der Waals surface area contributed by atoms with Gasteiger partial charge in [-0.25, -0.2) is 0 Å². The largest absolute Gasteiger partial charge is 0.416 e. The first-order valence-electron chi connectivity index (χ1n) is 9.62. The van der Waals surface area contributed by atoms with E-state index in [1.807, 2.05) is 12.1 Å². The standard InChI is InChI=1S/C21H19F6NO.CH5N/c22-20(23,24)15-10-16(21(25,26)27)12-17(11-15)28-19-5-1-4-14-9-13(3-2-8-29)6-7-18(14)19;1-2/h2-3,6-7,9-12,19,28-29H,1,4-5,8H2;2H2,1H3/b3-2+;. The predicted molar refractivity (Wildman–Crippen MR) is 108 cm³/mol. The fraction of sp³-hybridized carbons (Fsp3) is 0.364. The zero-order valence-electron chi connectivity index (χ0n) is 16.8. The molecule has 1 atom stereocenters. The number of alkyl halides is 6. The normalized spacial score (nSPS) is 16.5. The number of hydrogen-bond acceptors (Lipinski definition) is 3. The first-order valence-corrected chi connectivity index (χ1v) is 9.62. The molecule has 0 amide bonds. The molecule has 3 nitrogen and oxygen atoms in total. The van der Waals surface area contributed by atoms with Crippen LogP contribution in [-0.4, -0.2) is 18.8 Å². The third kappa shape index (κ3) is 6.48. The molecule has 31 heavy (non-hydrogen) atoms. The Morgan fingerprint density at radius 2 is 1.61 bits per heavy atom. The van der Waals surface area contributed by atoms with Gasteiger partial charge in [-0.1, -0.05) is 30.4 Å². The van der Waals surface area contributed by atoms with Crippen LogP contribution in [0.1, 0.15) is 46.7 Å². The van der Waals surface area contributed by atoms with Gasteiger partial charge < -0.3 is 16.2 Å². The summed E-state index contributed by atoms with van der Waals surface area (Å²) >= 11 is 0. The first kappa shape index (κ1) is 24.7. The summed E-state index contributed by atoms with van der Waals surface area (Å²) in [6.07, 6.45) is -4.31. The predicted octanol–water partition coefficient (Wildman–Crippen LogP) is 5.79. The number of hydrogen-bond donors (Lipinski definition) is 3. The SMILES string of the molecule is CN.OC/C=C/c1ccc2c(c1)CCCC2Nc1cc(C(F)(F)F)cc(C(F)(F)F)c1. The van der Waals surface area contributed by atoms with Gasteiger partial charge in [-0.15, -0.1) is 0 Å². The number of aliphatic hydroxyl groups excluding tert-OH is 1. The molecular formula is C22H24F6N2O. The van der Waals surface area contributed by atoms with Crippen LogP contribution in [0.4, 0.5) is 32.0 Å². The molecule has 4 N–H and O–H groups in total. The molecule has 0 aliphatic heterocycles. The highest BCUT2D eigenvalue weighted by Gasteiger charge is 2.37. The van der Waals surface area contributed by atoms with E-state index in [1.54, 1.807) is 18.2 Å². The molecule has 1 aliphatic rings. The molecule has 9 heteroatoms. The summed E-state index contributed by atoms with van der Waals surface area (Å²) in [6.45, 7) is -0.0989. The summed E-state index contributed by atoms with van der Waals surface area (Å²) in [5.41, 5.74) is 4.32. The Balaban J connectivity index is 0.00000166. The first-order chi connectivity index (χ1) is 14.6. The Morgan fingerprint density at radius 3 is 2.16 bits per heavy atom. The molecule has 2 aromatic carbocycles. The zero-order chi connectivity index (χ0) is 23.2. The van der Waals surface area contributed by atoms with Crippen LogP contribution in [0.25, 0.3) is 6.08 Å². The summed E-state index contributed by atoms with van der Waals surface area (Å²) in [5, 5.41) is 11.7. The summed E-state index contributed by atoms with van der Waals surface area (Å²) in [5.74, 6) is 0. The molecule has 0 spiro atoms. The molecule has 1 unspecified atom stereocenters. The second kappa shape index (κ2) is 10.2. The second-order valence-electron chi connectivity index (χ2n) is 6.93. The van der Waals surface area contributed by atoms with Gasteiger partial charge in [-0.2, -0.15) is 26.3 Å². The minimum Gasteiger partial charge on any atom is -0.392 e. The Bertz CT molecular complexity index is 874. The van der Waals surface area contributed by atoms with Crippen LogP contribution in [0.2, 0.25) is 0 Å². The van der Waals surface area contributed by atoms with Gasteiger partial charge in [0.2, 0.25) is 0 Å². The van der Waals surface area contributed by atoms with Gasteiger partial charge >= 0.3 is 12.4 Å². The lowest BCUT2D eigenvalue weighted by Crippen LogP contribution is -2.19. The number of aryl methyl sites for hydroxylation is 1. The van der Waals surface area contributed by atoms with Crippen molar-refractivity contribution in [3.63, 3.8) is 0 Å². The number of anilines is 1. The van der Waals surface area contributed by atoms with Crippen LogP contribution in [0, 0.1) is 0 Å². The smallest absolute Gasteiger partial charge is 0.392 e. The number of rotatable bonds is 4.